The Balaban J connectivity index is 1.56. The molecule has 2 fully saturated rings. The van der Waals surface area contributed by atoms with Crippen LogP contribution in [0.25, 0.3) is 6.08 Å². The molecule has 2 atom stereocenters. The van der Waals surface area contributed by atoms with Gasteiger partial charge in [0.25, 0.3) is 0 Å². The highest BCUT2D eigenvalue weighted by atomic mass is 32.1. The molecule has 0 saturated carbocycles. The molecule has 2 unspecified atom stereocenters. The molecule has 2 heterocycles. The predicted molar refractivity (Wildman–Crippen MR) is 121 cm³/mol. The number of carbonyl (C=O) groups excluding carboxylic acids is 3. The van der Waals surface area contributed by atoms with Crippen molar-refractivity contribution < 1.29 is 28.6 Å². The normalized spacial score (nSPS) is 20.7. The first-order valence-corrected chi connectivity index (χ1v) is 10.9. The lowest BCUT2D eigenvalue weighted by Crippen LogP contribution is -2.60. The topological polar surface area (TPSA) is 106 Å². The van der Waals surface area contributed by atoms with Gasteiger partial charge < -0.3 is 24.4 Å². The van der Waals surface area contributed by atoms with Crippen LogP contribution in [0.5, 0.6) is 5.75 Å². The van der Waals surface area contributed by atoms with Crippen molar-refractivity contribution in [3.63, 3.8) is 0 Å². The Kier molecular flexibility index (Phi) is 8.57. The zero-order chi connectivity index (χ0) is 22.9. The summed E-state index contributed by atoms with van der Waals surface area (Å²) >= 11 is 5.35. The molecule has 0 spiro atoms. The van der Waals surface area contributed by atoms with Crippen LogP contribution in [0, 0.1) is 0 Å². The first-order chi connectivity index (χ1) is 15.5. The molecule has 2 amide bonds. The van der Waals surface area contributed by atoms with Crippen LogP contribution in [0.15, 0.2) is 30.3 Å². The van der Waals surface area contributed by atoms with Crippen molar-refractivity contribution >= 4 is 41.2 Å². The molecule has 32 heavy (non-hydrogen) atoms. The van der Waals surface area contributed by atoms with E-state index in [-0.39, 0.29) is 30.2 Å². The van der Waals surface area contributed by atoms with Crippen molar-refractivity contribution in [3.8, 4) is 5.75 Å². The third kappa shape index (κ3) is 6.51. The molecular weight excluding hydrogens is 434 g/mol. The van der Waals surface area contributed by atoms with Gasteiger partial charge in [0.05, 0.1) is 19.6 Å². The van der Waals surface area contributed by atoms with Crippen LogP contribution in [-0.4, -0.2) is 73.4 Å². The lowest BCUT2D eigenvalue weighted by Gasteiger charge is -2.36. The van der Waals surface area contributed by atoms with Gasteiger partial charge in [0.15, 0.2) is 5.11 Å². The number of esters is 1. The van der Waals surface area contributed by atoms with E-state index in [1.165, 1.54) is 11.0 Å². The van der Waals surface area contributed by atoms with Crippen LogP contribution >= 0.6 is 12.2 Å². The Bertz CT molecular complexity index is 884. The number of ether oxygens (including phenoxy) is 3. The van der Waals surface area contributed by atoms with E-state index >= 15 is 0 Å². The second kappa shape index (κ2) is 11.6. The Labute approximate surface area is 192 Å². The number of para-hydroxylation sites is 1. The fourth-order valence-corrected chi connectivity index (χ4v) is 3.85. The summed E-state index contributed by atoms with van der Waals surface area (Å²) < 4.78 is 16.0. The molecule has 1 aromatic rings. The number of piperazine rings is 1. The van der Waals surface area contributed by atoms with E-state index in [0.717, 1.165) is 18.4 Å². The minimum atomic E-state index is -0.855. The van der Waals surface area contributed by atoms with Gasteiger partial charge in [-0.1, -0.05) is 18.2 Å². The fourth-order valence-electron chi connectivity index (χ4n) is 3.53. The molecule has 0 aliphatic carbocycles. The van der Waals surface area contributed by atoms with E-state index in [0.29, 0.717) is 25.4 Å². The molecule has 2 N–H and O–H groups in total. The number of thiocarbonyl (C=S) groups is 1. The molecule has 0 aromatic heterocycles. The maximum atomic E-state index is 12.4. The number of methoxy groups -OCH3 is 1. The maximum absolute atomic E-state index is 12.4. The van der Waals surface area contributed by atoms with Gasteiger partial charge >= 0.3 is 5.97 Å². The van der Waals surface area contributed by atoms with Gasteiger partial charge in [-0.25, -0.2) is 0 Å². The summed E-state index contributed by atoms with van der Waals surface area (Å²) in [4.78, 5) is 38.6. The number of carbonyl (C=O) groups is 3. The lowest BCUT2D eigenvalue weighted by molar-refractivity contribution is -0.150. The van der Waals surface area contributed by atoms with E-state index in [1.807, 2.05) is 18.2 Å². The standard InChI is InChI=1S/C22H27N3O6S/c1-29-18-7-3-2-5-15(18)8-9-19(26)24-22(32)25-11-10-23-21(28)17(25)13-20(27)31-14-16-6-4-12-30-16/h2-3,5,7-9,16-17H,4,6,10-14H2,1H3,(H,23,28)(H,24,26,32). The van der Waals surface area contributed by atoms with Crippen LogP contribution in [0.2, 0.25) is 0 Å². The zero-order valence-electron chi connectivity index (χ0n) is 17.9. The SMILES string of the molecule is COc1ccccc1C=CC(=O)NC(=S)N1CCNC(=O)C1CC(=O)OCC1CCCO1. The summed E-state index contributed by atoms with van der Waals surface area (Å²) in [6, 6.07) is 6.41. The highest BCUT2D eigenvalue weighted by Crippen LogP contribution is 2.18. The number of rotatable bonds is 7. The molecule has 1 aromatic carbocycles. The second-order valence-corrected chi connectivity index (χ2v) is 7.78. The lowest BCUT2D eigenvalue weighted by atomic mass is 10.1. The smallest absolute Gasteiger partial charge is 0.308 e. The van der Waals surface area contributed by atoms with Crippen molar-refractivity contribution in [1.29, 1.82) is 0 Å². The Morgan fingerprint density at radius 3 is 2.94 bits per heavy atom. The van der Waals surface area contributed by atoms with Gasteiger partial charge in [-0.05, 0) is 37.2 Å². The van der Waals surface area contributed by atoms with Gasteiger partial charge in [0.2, 0.25) is 11.8 Å². The van der Waals surface area contributed by atoms with Crippen molar-refractivity contribution in [2.24, 2.45) is 0 Å². The van der Waals surface area contributed by atoms with Gasteiger partial charge in [0, 0.05) is 31.3 Å². The largest absolute Gasteiger partial charge is 0.496 e. The van der Waals surface area contributed by atoms with E-state index in [1.54, 1.807) is 19.3 Å². The highest BCUT2D eigenvalue weighted by molar-refractivity contribution is 7.80. The summed E-state index contributed by atoms with van der Waals surface area (Å²) in [6.45, 7) is 1.56. The average molecular weight is 462 g/mol. The Hall–Kier alpha value is -2.98. The number of hydrogen-bond acceptors (Lipinski definition) is 7. The van der Waals surface area contributed by atoms with Crippen LogP contribution in [0.3, 0.4) is 0 Å². The first kappa shape index (κ1) is 23.7. The molecular formula is C22H27N3O6S. The molecule has 2 saturated heterocycles. The number of hydrogen-bond donors (Lipinski definition) is 2. The van der Waals surface area contributed by atoms with E-state index in [9.17, 15) is 14.4 Å². The molecule has 0 bridgehead atoms. The Morgan fingerprint density at radius 2 is 2.19 bits per heavy atom. The zero-order valence-corrected chi connectivity index (χ0v) is 18.7. The summed E-state index contributed by atoms with van der Waals surface area (Å²) in [5.74, 6) is -0.677. The van der Waals surface area contributed by atoms with Crippen LogP contribution in [0.4, 0.5) is 0 Å². The third-order valence-corrected chi connectivity index (χ3v) is 5.53. The average Bonchev–Trinajstić information content (AvgIpc) is 3.31. The van der Waals surface area contributed by atoms with E-state index in [4.69, 9.17) is 26.4 Å². The second-order valence-electron chi connectivity index (χ2n) is 7.39. The number of benzene rings is 1. The molecule has 9 nitrogen and oxygen atoms in total. The predicted octanol–water partition coefficient (Wildman–Crippen LogP) is 1.02. The van der Waals surface area contributed by atoms with E-state index < -0.39 is 17.9 Å². The van der Waals surface area contributed by atoms with Gasteiger partial charge in [0.1, 0.15) is 18.4 Å². The van der Waals surface area contributed by atoms with Crippen molar-refractivity contribution in [3.05, 3.63) is 35.9 Å². The highest BCUT2D eigenvalue weighted by Gasteiger charge is 2.34. The van der Waals surface area contributed by atoms with Crippen LogP contribution < -0.4 is 15.4 Å². The monoisotopic (exact) mass is 461 g/mol. The van der Waals surface area contributed by atoms with Crippen molar-refractivity contribution in [2.75, 3.05) is 33.4 Å². The summed E-state index contributed by atoms with van der Waals surface area (Å²) in [5.41, 5.74) is 0.736. The molecule has 2 aliphatic rings. The minimum absolute atomic E-state index is 0.0754. The van der Waals surface area contributed by atoms with Gasteiger partial charge in [-0.15, -0.1) is 0 Å². The molecule has 2 aliphatic heterocycles. The third-order valence-electron chi connectivity index (χ3n) is 5.19. The molecule has 172 valence electrons. The number of nitrogens with zero attached hydrogens (tertiary/aromatic N) is 1. The van der Waals surface area contributed by atoms with Crippen LogP contribution in [-0.2, 0) is 23.9 Å². The minimum Gasteiger partial charge on any atom is -0.496 e. The maximum Gasteiger partial charge on any atom is 0.308 e. The molecule has 3 rings (SSSR count). The summed E-state index contributed by atoms with van der Waals surface area (Å²) in [5, 5.41) is 5.39. The number of nitrogens with one attached hydrogen (secondary N) is 2. The van der Waals surface area contributed by atoms with Crippen LogP contribution in [0.1, 0.15) is 24.8 Å². The van der Waals surface area contributed by atoms with Gasteiger partial charge in [-0.2, -0.15) is 0 Å². The first-order valence-electron chi connectivity index (χ1n) is 10.5. The summed E-state index contributed by atoms with van der Waals surface area (Å²) in [7, 11) is 1.55. The van der Waals surface area contributed by atoms with Crippen molar-refractivity contribution in [1.82, 2.24) is 15.5 Å². The number of amides is 2. The van der Waals surface area contributed by atoms with Gasteiger partial charge in [-0.3, -0.25) is 19.7 Å². The molecule has 0 radical (unpaired) electrons. The van der Waals surface area contributed by atoms with Crippen molar-refractivity contribution in [2.45, 2.75) is 31.4 Å². The van der Waals surface area contributed by atoms with E-state index in [2.05, 4.69) is 10.6 Å². The molecule has 10 heteroatoms. The fraction of sp³-hybridized carbons (Fsp3) is 0.455. The quantitative estimate of drug-likeness (QED) is 0.352. The summed E-state index contributed by atoms with van der Waals surface area (Å²) in [6.07, 6.45) is 4.47. The Morgan fingerprint density at radius 1 is 1.38 bits per heavy atom.